The van der Waals surface area contributed by atoms with Crippen molar-refractivity contribution in [2.75, 3.05) is 6.61 Å². The van der Waals surface area contributed by atoms with E-state index in [1.165, 1.54) is 0 Å². The van der Waals surface area contributed by atoms with E-state index in [1.807, 2.05) is 13.8 Å². The summed E-state index contributed by atoms with van der Waals surface area (Å²) in [5, 5.41) is 0. The van der Waals surface area contributed by atoms with Gasteiger partial charge in [-0.2, -0.15) is 8.42 Å². The van der Waals surface area contributed by atoms with Crippen LogP contribution in [0.15, 0.2) is 0 Å². The number of nitrogens with two attached hydrogens (primary N) is 1. The zero-order valence-corrected chi connectivity index (χ0v) is 7.91. The molecule has 0 aromatic heterocycles. The second-order valence-corrected chi connectivity index (χ2v) is 3.07. The van der Waals surface area contributed by atoms with E-state index >= 15 is 0 Å². The fraction of sp³-hybridized carbons (Fsp3) is 1.00. The molecule has 0 saturated heterocycles. The van der Waals surface area contributed by atoms with Gasteiger partial charge in [-0.3, -0.25) is 9.11 Å². The van der Waals surface area contributed by atoms with Crippen molar-refractivity contribution in [1.82, 2.24) is 6.15 Å². The molecule has 7 nitrogen and oxygen atoms in total. The topological polar surface area (TPSA) is 145 Å². The van der Waals surface area contributed by atoms with Gasteiger partial charge in [0, 0.05) is 0 Å². The summed E-state index contributed by atoms with van der Waals surface area (Å²) in [6, 6.07) is 0. The van der Waals surface area contributed by atoms with Gasteiger partial charge in [0.2, 0.25) is 0 Å². The number of hydrogen-bond donors (Lipinski definition) is 4. The first-order valence-electron chi connectivity index (χ1n) is 2.79. The smallest absolute Gasteiger partial charge is 0.344 e. The van der Waals surface area contributed by atoms with Crippen LogP contribution in [-0.4, -0.2) is 24.1 Å². The quantitative estimate of drug-likeness (QED) is 0.367. The molecule has 8 heteroatoms. The fourth-order valence-electron chi connectivity index (χ4n) is 0.192. The molecular weight excluding hydrogens is 188 g/mol. The van der Waals surface area contributed by atoms with E-state index in [-0.39, 0.29) is 6.15 Å². The number of hydrogen-bond acceptors (Lipinski definition) is 5. The van der Waals surface area contributed by atoms with E-state index in [9.17, 15) is 0 Å². The third-order valence-corrected chi connectivity index (χ3v) is 0.430. The molecule has 12 heavy (non-hydrogen) atoms. The highest BCUT2D eigenvalue weighted by Crippen LogP contribution is 1.86. The van der Waals surface area contributed by atoms with Crippen LogP contribution in [0.25, 0.3) is 0 Å². The Morgan fingerprint density at radius 2 is 1.67 bits per heavy atom. The molecule has 78 valence electrons. The van der Waals surface area contributed by atoms with Crippen LogP contribution in [0.2, 0.25) is 0 Å². The maximum atomic E-state index is 8.74. The highest BCUT2D eigenvalue weighted by atomic mass is 32.3. The van der Waals surface area contributed by atoms with Crippen LogP contribution in [0.1, 0.15) is 13.8 Å². The summed E-state index contributed by atoms with van der Waals surface area (Å²) in [6.45, 7) is 4.75. The van der Waals surface area contributed by atoms with Crippen molar-refractivity contribution >= 4 is 10.4 Å². The maximum Gasteiger partial charge on any atom is 0.394 e. The normalized spacial score (nSPS) is 9.83. The molecule has 0 saturated carbocycles. The summed E-state index contributed by atoms with van der Waals surface area (Å²) >= 11 is 0. The lowest BCUT2D eigenvalue weighted by Crippen LogP contribution is -2.05. The van der Waals surface area contributed by atoms with Gasteiger partial charge < -0.3 is 11.0 Å². The van der Waals surface area contributed by atoms with E-state index in [2.05, 4.69) is 4.84 Å². The van der Waals surface area contributed by atoms with Gasteiger partial charge in [0.05, 0.1) is 6.61 Å². The Morgan fingerprint density at radius 1 is 1.42 bits per heavy atom. The summed E-state index contributed by atoms with van der Waals surface area (Å²) in [7, 11) is -4.67. The van der Waals surface area contributed by atoms with Crippen molar-refractivity contribution in [2.45, 2.75) is 13.8 Å². The molecule has 0 amide bonds. The summed E-state index contributed by atoms with van der Waals surface area (Å²) in [4.78, 5) is 4.30. The van der Waals surface area contributed by atoms with Crippen LogP contribution in [0.3, 0.4) is 0 Å². The average molecular weight is 204 g/mol. The van der Waals surface area contributed by atoms with E-state index in [0.29, 0.717) is 12.5 Å². The third kappa shape index (κ3) is 98.7. The molecule has 7 N–H and O–H groups in total. The maximum absolute atomic E-state index is 8.74. The van der Waals surface area contributed by atoms with E-state index in [4.69, 9.17) is 23.4 Å². The van der Waals surface area contributed by atoms with Crippen LogP contribution >= 0.6 is 0 Å². The monoisotopic (exact) mass is 204 g/mol. The van der Waals surface area contributed by atoms with Crippen molar-refractivity contribution in [1.29, 1.82) is 0 Å². The minimum Gasteiger partial charge on any atom is -0.344 e. The molecule has 0 aliphatic heterocycles. The summed E-state index contributed by atoms with van der Waals surface area (Å²) in [6.07, 6.45) is 0. The predicted octanol–water partition coefficient (Wildman–Crippen LogP) is 0.0419. The summed E-state index contributed by atoms with van der Waals surface area (Å²) < 4.78 is 31.6. The molecule has 0 unspecified atom stereocenters. The molecule has 0 aromatic carbocycles. The molecule has 0 heterocycles. The van der Waals surface area contributed by atoms with Gasteiger partial charge in [-0.1, -0.05) is 13.8 Å². The van der Waals surface area contributed by atoms with Gasteiger partial charge in [-0.25, -0.2) is 5.90 Å². The first kappa shape index (κ1) is 17.7. The Bertz CT molecular complexity index is 158. The van der Waals surface area contributed by atoms with Crippen LogP contribution in [0.4, 0.5) is 0 Å². The Morgan fingerprint density at radius 3 is 1.67 bits per heavy atom. The van der Waals surface area contributed by atoms with Crippen molar-refractivity contribution in [3.8, 4) is 0 Å². The molecule has 0 atom stereocenters. The lowest BCUT2D eigenvalue weighted by atomic mass is 10.2. The Kier molecular flexibility index (Phi) is 13.1. The van der Waals surface area contributed by atoms with E-state index < -0.39 is 10.4 Å². The van der Waals surface area contributed by atoms with Gasteiger partial charge in [-0.05, 0) is 5.92 Å². The van der Waals surface area contributed by atoms with Crippen LogP contribution < -0.4 is 12.0 Å². The van der Waals surface area contributed by atoms with Gasteiger partial charge in [0.15, 0.2) is 0 Å². The zero-order valence-electron chi connectivity index (χ0n) is 7.10. The molecule has 0 aliphatic rings. The van der Waals surface area contributed by atoms with Crippen molar-refractivity contribution in [2.24, 2.45) is 11.8 Å². The molecule has 0 bridgehead atoms. The van der Waals surface area contributed by atoms with E-state index in [0.717, 1.165) is 0 Å². The second kappa shape index (κ2) is 8.84. The standard InChI is InChI=1S/C4H11NO.H3N.H2O4S/c1-4(2)3-6-5;;1-5(2,3)4/h4H,3,5H2,1-2H3;1H3;(H2,1,2,3,4). The first-order valence-corrected chi connectivity index (χ1v) is 4.18. The highest BCUT2D eigenvalue weighted by molar-refractivity contribution is 7.79. The Hall–Kier alpha value is -0.250. The lowest BCUT2D eigenvalue weighted by molar-refractivity contribution is 0.112. The van der Waals surface area contributed by atoms with Gasteiger partial charge in [0.25, 0.3) is 0 Å². The average Bonchev–Trinajstić information content (AvgIpc) is 1.58. The van der Waals surface area contributed by atoms with Crippen molar-refractivity contribution in [3.05, 3.63) is 0 Å². The zero-order chi connectivity index (χ0) is 9.49. The molecule has 0 spiro atoms. The number of rotatable bonds is 2. The molecule has 0 aliphatic carbocycles. The van der Waals surface area contributed by atoms with Crippen LogP contribution in [0.5, 0.6) is 0 Å². The molecule has 0 radical (unpaired) electrons. The lowest BCUT2D eigenvalue weighted by Gasteiger charge is -1.96. The van der Waals surface area contributed by atoms with Gasteiger partial charge >= 0.3 is 10.4 Å². The Balaban J connectivity index is -0.000000126. The largest absolute Gasteiger partial charge is 0.394 e. The third-order valence-electron chi connectivity index (χ3n) is 0.430. The minimum atomic E-state index is -4.67. The SMILES string of the molecule is CC(C)CON.N.O=S(=O)(O)O. The molecule has 0 rings (SSSR count). The molecular formula is C4H16N2O5S. The highest BCUT2D eigenvalue weighted by Gasteiger charge is 1.86. The van der Waals surface area contributed by atoms with Crippen molar-refractivity contribution < 1.29 is 22.4 Å². The predicted molar refractivity (Wildman–Crippen MR) is 44.2 cm³/mol. The second-order valence-electron chi connectivity index (χ2n) is 2.18. The van der Waals surface area contributed by atoms with Crippen LogP contribution in [-0.2, 0) is 15.2 Å². The Labute approximate surface area is 72.0 Å². The minimum absolute atomic E-state index is 0. The first-order chi connectivity index (χ1) is 4.77. The molecule has 0 fully saturated rings. The van der Waals surface area contributed by atoms with Gasteiger partial charge in [0.1, 0.15) is 0 Å². The summed E-state index contributed by atoms with van der Waals surface area (Å²) in [5.74, 6) is 5.28. The van der Waals surface area contributed by atoms with Crippen molar-refractivity contribution in [3.63, 3.8) is 0 Å². The summed E-state index contributed by atoms with van der Waals surface area (Å²) in [5.41, 5.74) is 0. The molecule has 0 aromatic rings. The van der Waals surface area contributed by atoms with E-state index in [1.54, 1.807) is 0 Å². The van der Waals surface area contributed by atoms with Gasteiger partial charge in [-0.15, -0.1) is 0 Å². The fourth-order valence-corrected chi connectivity index (χ4v) is 0.192. The van der Waals surface area contributed by atoms with Crippen LogP contribution in [0, 0.1) is 5.92 Å².